The Bertz CT molecular complexity index is 4080. The van der Waals surface area contributed by atoms with E-state index in [4.69, 9.17) is 0 Å². The number of nitrogens with zero attached hydrogens (tertiary/aromatic N) is 2. The number of fused-ring (bicyclic) bond motifs is 9. The summed E-state index contributed by atoms with van der Waals surface area (Å²) < 4.78 is 4.92. The van der Waals surface area contributed by atoms with Crippen LogP contribution in [0.1, 0.15) is 0 Å². The predicted molar refractivity (Wildman–Crippen MR) is 289 cm³/mol. The predicted octanol–water partition coefficient (Wildman–Crippen LogP) is 18.0. The molecule has 0 radical (unpaired) electrons. The van der Waals surface area contributed by atoms with Crippen molar-refractivity contribution in [3.63, 3.8) is 0 Å². The van der Waals surface area contributed by atoms with E-state index in [2.05, 4.69) is 264 Å². The molecule has 0 N–H and O–H groups in total. The summed E-state index contributed by atoms with van der Waals surface area (Å²) in [5.41, 5.74) is 16.8. The molecular weight excluding hydrogens is 821 g/mol. The zero-order valence-corrected chi connectivity index (χ0v) is 37.1. The molecule has 2 nitrogen and oxygen atoms in total. The highest BCUT2D eigenvalue weighted by Gasteiger charge is 2.23. The minimum absolute atomic E-state index is 1.15. The van der Waals surface area contributed by atoms with Gasteiger partial charge in [-0.05, 0) is 114 Å². The van der Waals surface area contributed by atoms with Crippen LogP contribution in [-0.2, 0) is 0 Å². The highest BCUT2D eigenvalue weighted by Crippen LogP contribution is 2.48. The molecule has 2 heteroatoms. The minimum Gasteiger partial charge on any atom is -0.309 e. The highest BCUT2D eigenvalue weighted by molar-refractivity contribution is 6.24. The molecule has 0 fully saturated rings. The minimum atomic E-state index is 1.15. The average molecular weight is 863 g/mol. The van der Waals surface area contributed by atoms with Crippen LogP contribution in [0.3, 0.4) is 0 Å². The molecule has 0 spiro atoms. The monoisotopic (exact) mass is 862 g/mol. The molecule has 0 bridgehead atoms. The molecule has 0 unspecified atom stereocenters. The second-order valence-electron chi connectivity index (χ2n) is 17.9. The SMILES string of the molecule is c1ccc(-c2cccc3ccc(-c4c5cccc(-c6cccc7c8ccccc8n(-c8ccccc8)c67)c5cc5c(-c6cccc7c8ccccc8n(-c8ccccc8)c67)cccc45)cc23)cc1. The molecule has 0 atom stereocenters. The van der Waals surface area contributed by atoms with Gasteiger partial charge in [0, 0.05) is 44.0 Å². The van der Waals surface area contributed by atoms with Crippen molar-refractivity contribution in [3.8, 4) is 55.9 Å². The molecule has 68 heavy (non-hydrogen) atoms. The van der Waals surface area contributed by atoms with Crippen LogP contribution in [0.2, 0.25) is 0 Å². The van der Waals surface area contributed by atoms with E-state index in [1.807, 2.05) is 0 Å². The van der Waals surface area contributed by atoms with Crippen molar-refractivity contribution in [3.05, 3.63) is 255 Å². The van der Waals surface area contributed by atoms with Crippen LogP contribution in [0.25, 0.3) is 132 Å². The van der Waals surface area contributed by atoms with Crippen molar-refractivity contribution in [2.24, 2.45) is 0 Å². The molecule has 0 aliphatic rings. The molecule has 0 saturated carbocycles. The molecule has 14 rings (SSSR count). The average Bonchev–Trinajstić information content (AvgIpc) is 3.94. The van der Waals surface area contributed by atoms with Crippen LogP contribution in [0.15, 0.2) is 255 Å². The number of hydrogen-bond acceptors (Lipinski definition) is 0. The Labute approximate surface area is 393 Å². The maximum Gasteiger partial charge on any atom is 0.0619 e. The third-order valence-electron chi connectivity index (χ3n) is 14.3. The van der Waals surface area contributed by atoms with Gasteiger partial charge in [-0.1, -0.05) is 206 Å². The first kappa shape index (κ1) is 38.3. The van der Waals surface area contributed by atoms with Gasteiger partial charge in [0.15, 0.2) is 0 Å². The Morgan fingerprint density at radius 2 is 0.647 bits per heavy atom. The van der Waals surface area contributed by atoms with E-state index >= 15 is 0 Å². The summed E-state index contributed by atoms with van der Waals surface area (Å²) in [5.74, 6) is 0. The molecule has 0 aliphatic carbocycles. The van der Waals surface area contributed by atoms with Gasteiger partial charge in [0.2, 0.25) is 0 Å². The van der Waals surface area contributed by atoms with Gasteiger partial charge in [0.1, 0.15) is 0 Å². The van der Waals surface area contributed by atoms with E-state index in [0.717, 1.165) is 11.4 Å². The van der Waals surface area contributed by atoms with Crippen molar-refractivity contribution in [2.75, 3.05) is 0 Å². The van der Waals surface area contributed by atoms with Crippen LogP contribution >= 0.6 is 0 Å². The van der Waals surface area contributed by atoms with Crippen LogP contribution in [-0.4, -0.2) is 9.13 Å². The lowest BCUT2D eigenvalue weighted by Gasteiger charge is -2.19. The first-order valence-electron chi connectivity index (χ1n) is 23.5. The van der Waals surface area contributed by atoms with E-state index < -0.39 is 0 Å². The number of aromatic nitrogens is 2. The fourth-order valence-corrected chi connectivity index (χ4v) is 11.4. The first-order valence-corrected chi connectivity index (χ1v) is 23.5. The van der Waals surface area contributed by atoms with E-state index in [0.29, 0.717) is 0 Å². The molecule has 12 aromatic carbocycles. The summed E-state index contributed by atoms with van der Waals surface area (Å²) in [6.45, 7) is 0. The lowest BCUT2D eigenvalue weighted by molar-refractivity contribution is 1.18. The number of rotatable bonds is 6. The van der Waals surface area contributed by atoms with E-state index in [1.54, 1.807) is 0 Å². The maximum absolute atomic E-state index is 2.50. The zero-order valence-electron chi connectivity index (χ0n) is 37.1. The van der Waals surface area contributed by atoms with Gasteiger partial charge in [-0.25, -0.2) is 0 Å². The van der Waals surface area contributed by atoms with Gasteiger partial charge >= 0.3 is 0 Å². The normalized spacial score (nSPS) is 11.8. The van der Waals surface area contributed by atoms with Crippen LogP contribution in [0.4, 0.5) is 0 Å². The van der Waals surface area contributed by atoms with Gasteiger partial charge in [-0.15, -0.1) is 0 Å². The Hall–Kier alpha value is -8.98. The van der Waals surface area contributed by atoms with Crippen molar-refractivity contribution in [2.45, 2.75) is 0 Å². The molecule has 14 aromatic rings. The number of benzene rings is 12. The second-order valence-corrected chi connectivity index (χ2v) is 17.9. The fourth-order valence-electron chi connectivity index (χ4n) is 11.4. The lowest BCUT2D eigenvalue weighted by Crippen LogP contribution is -1.97. The van der Waals surface area contributed by atoms with Crippen LogP contribution in [0.5, 0.6) is 0 Å². The van der Waals surface area contributed by atoms with Gasteiger partial charge < -0.3 is 9.13 Å². The Kier molecular flexibility index (Phi) is 8.62. The summed E-state index contributed by atoms with van der Waals surface area (Å²) in [4.78, 5) is 0. The number of hydrogen-bond donors (Lipinski definition) is 0. The Morgan fingerprint density at radius 1 is 0.221 bits per heavy atom. The Morgan fingerprint density at radius 3 is 1.19 bits per heavy atom. The molecule has 316 valence electrons. The summed E-state index contributed by atoms with van der Waals surface area (Å²) >= 11 is 0. The van der Waals surface area contributed by atoms with Gasteiger partial charge in [-0.3, -0.25) is 0 Å². The molecule has 0 saturated heterocycles. The Balaban J connectivity index is 1.13. The molecule has 0 aliphatic heterocycles. The van der Waals surface area contributed by atoms with E-state index in [1.165, 1.54) is 120 Å². The van der Waals surface area contributed by atoms with Crippen molar-refractivity contribution in [1.82, 2.24) is 9.13 Å². The lowest BCUT2D eigenvalue weighted by atomic mass is 9.85. The molecule has 2 aromatic heterocycles. The van der Waals surface area contributed by atoms with Gasteiger partial charge in [-0.2, -0.15) is 0 Å². The van der Waals surface area contributed by atoms with Crippen molar-refractivity contribution in [1.29, 1.82) is 0 Å². The quantitative estimate of drug-likeness (QED) is 0.147. The fraction of sp³-hybridized carbons (Fsp3) is 0. The molecule has 2 heterocycles. The van der Waals surface area contributed by atoms with Crippen molar-refractivity contribution < 1.29 is 0 Å². The smallest absolute Gasteiger partial charge is 0.0619 e. The topological polar surface area (TPSA) is 9.86 Å². The second kappa shape index (κ2) is 15.3. The summed E-state index contributed by atoms with van der Waals surface area (Å²) in [5, 5.41) is 12.3. The molecular formula is C66H42N2. The van der Waals surface area contributed by atoms with E-state index in [9.17, 15) is 0 Å². The third-order valence-corrected chi connectivity index (χ3v) is 14.3. The largest absolute Gasteiger partial charge is 0.309 e. The summed E-state index contributed by atoms with van der Waals surface area (Å²) in [6, 6.07) is 94.0. The summed E-state index contributed by atoms with van der Waals surface area (Å²) in [7, 11) is 0. The van der Waals surface area contributed by atoms with Gasteiger partial charge in [0.25, 0.3) is 0 Å². The van der Waals surface area contributed by atoms with Crippen LogP contribution in [0, 0.1) is 0 Å². The van der Waals surface area contributed by atoms with Crippen molar-refractivity contribution >= 4 is 75.9 Å². The first-order chi connectivity index (χ1) is 33.8. The maximum atomic E-state index is 2.50. The highest BCUT2D eigenvalue weighted by atomic mass is 15.0. The molecule has 0 amide bonds. The van der Waals surface area contributed by atoms with Gasteiger partial charge in [0.05, 0.1) is 22.1 Å². The number of para-hydroxylation sites is 6. The van der Waals surface area contributed by atoms with E-state index in [-0.39, 0.29) is 0 Å². The van der Waals surface area contributed by atoms with Crippen LogP contribution < -0.4 is 0 Å². The standard InChI is InChI=1S/C66H42N2/c1-4-19-43(20-5-1)48-28-14-21-44-39-40-45(41-59(44)48)64-53-31-15-29-49(55-33-17-35-57-51-26-10-12-37-62(51)67(65(55)57)46-22-6-2-7-23-46)60(53)42-61-50(30-16-32-54(61)64)56-34-18-36-58-52-27-11-13-38-63(52)68(66(56)58)47-24-8-3-9-25-47/h1-42H. The zero-order chi connectivity index (χ0) is 44.7. The third kappa shape index (κ3) is 5.78. The summed E-state index contributed by atoms with van der Waals surface area (Å²) in [6.07, 6.45) is 0.